The maximum Gasteiger partial charge on any atom is 0.137 e. The molecule has 1 unspecified atom stereocenters. The average molecular weight is 264 g/mol. The molecule has 0 spiro atoms. The zero-order chi connectivity index (χ0) is 13.8. The molecule has 0 bridgehead atoms. The van der Waals surface area contributed by atoms with E-state index < -0.39 is 0 Å². The minimum atomic E-state index is 0.388. The van der Waals surface area contributed by atoms with Crippen molar-refractivity contribution in [2.45, 2.75) is 39.2 Å². The van der Waals surface area contributed by atoms with E-state index >= 15 is 0 Å². The zero-order valence-corrected chi connectivity index (χ0v) is 12.3. The van der Waals surface area contributed by atoms with E-state index in [1.165, 1.54) is 5.56 Å². The Morgan fingerprint density at radius 1 is 1.47 bits per heavy atom. The van der Waals surface area contributed by atoms with Crippen LogP contribution < -0.4 is 10.2 Å². The average Bonchev–Trinajstić information content (AvgIpc) is 2.46. The summed E-state index contributed by atoms with van der Waals surface area (Å²) in [6.45, 7) is 9.02. The molecule has 0 saturated carbocycles. The van der Waals surface area contributed by atoms with Gasteiger partial charge in [0, 0.05) is 19.2 Å². The molecule has 1 aliphatic rings. The SMILES string of the molecule is CCC1COCCN1c1ncnc(NC)c1C(C)C. The van der Waals surface area contributed by atoms with E-state index in [1.54, 1.807) is 6.33 Å². The molecule has 0 amide bonds. The number of hydrogen-bond donors (Lipinski definition) is 1. The smallest absolute Gasteiger partial charge is 0.137 e. The number of aromatic nitrogens is 2. The van der Waals surface area contributed by atoms with Crippen LogP contribution in [0, 0.1) is 0 Å². The fourth-order valence-electron chi connectivity index (χ4n) is 2.62. The lowest BCUT2D eigenvalue weighted by molar-refractivity contribution is 0.0924. The lowest BCUT2D eigenvalue weighted by Crippen LogP contribution is -2.46. The molecule has 2 rings (SSSR count). The Bertz CT molecular complexity index is 422. The fraction of sp³-hybridized carbons (Fsp3) is 0.714. The summed E-state index contributed by atoms with van der Waals surface area (Å²) in [5.41, 5.74) is 1.20. The summed E-state index contributed by atoms with van der Waals surface area (Å²) < 4.78 is 5.58. The molecule has 5 nitrogen and oxygen atoms in total. The Morgan fingerprint density at radius 2 is 2.26 bits per heavy atom. The molecule has 0 aromatic carbocycles. The van der Waals surface area contributed by atoms with Crippen LogP contribution >= 0.6 is 0 Å². The highest BCUT2D eigenvalue weighted by Gasteiger charge is 2.27. The lowest BCUT2D eigenvalue weighted by atomic mass is 10.0. The molecule has 1 aromatic rings. The van der Waals surface area contributed by atoms with Crippen molar-refractivity contribution in [3.63, 3.8) is 0 Å². The summed E-state index contributed by atoms with van der Waals surface area (Å²) >= 11 is 0. The standard InChI is InChI=1S/C14H24N4O/c1-5-11-8-19-7-6-18(11)14-12(10(2)3)13(15-4)16-9-17-14/h9-11H,5-8H2,1-4H3,(H,15,16,17). The van der Waals surface area contributed by atoms with E-state index in [9.17, 15) is 0 Å². The number of ether oxygens (including phenoxy) is 1. The molecular weight excluding hydrogens is 240 g/mol. The minimum Gasteiger partial charge on any atom is -0.377 e. The monoisotopic (exact) mass is 264 g/mol. The van der Waals surface area contributed by atoms with E-state index in [0.29, 0.717) is 12.0 Å². The molecule has 2 heterocycles. The van der Waals surface area contributed by atoms with Crippen LogP contribution in [0.1, 0.15) is 38.7 Å². The summed E-state index contributed by atoms with van der Waals surface area (Å²) in [5, 5.41) is 3.18. The molecule has 19 heavy (non-hydrogen) atoms. The maximum absolute atomic E-state index is 5.58. The maximum atomic E-state index is 5.58. The summed E-state index contributed by atoms with van der Waals surface area (Å²) in [5.74, 6) is 2.38. The second-order valence-electron chi connectivity index (χ2n) is 5.19. The van der Waals surface area contributed by atoms with Crippen LogP contribution in [-0.4, -0.2) is 42.8 Å². The molecule has 1 aliphatic heterocycles. The van der Waals surface area contributed by atoms with E-state index in [4.69, 9.17) is 4.74 Å². The number of nitrogens with zero attached hydrogens (tertiary/aromatic N) is 3. The van der Waals surface area contributed by atoms with Gasteiger partial charge in [-0.3, -0.25) is 0 Å². The molecule has 1 fully saturated rings. The number of rotatable bonds is 4. The van der Waals surface area contributed by atoms with Gasteiger partial charge in [0.15, 0.2) is 0 Å². The molecular formula is C14H24N4O. The zero-order valence-electron chi connectivity index (χ0n) is 12.3. The van der Waals surface area contributed by atoms with Crippen LogP contribution in [0.25, 0.3) is 0 Å². The molecule has 5 heteroatoms. The van der Waals surface area contributed by atoms with Gasteiger partial charge in [-0.1, -0.05) is 20.8 Å². The summed E-state index contributed by atoms with van der Waals surface area (Å²) in [7, 11) is 1.91. The molecule has 1 saturated heterocycles. The Labute approximate surface area is 115 Å². The van der Waals surface area contributed by atoms with Crippen molar-refractivity contribution in [2.24, 2.45) is 0 Å². The Balaban J connectivity index is 2.42. The van der Waals surface area contributed by atoms with Gasteiger partial charge in [0.1, 0.15) is 18.0 Å². The third kappa shape index (κ3) is 2.81. The minimum absolute atomic E-state index is 0.388. The molecule has 0 radical (unpaired) electrons. The van der Waals surface area contributed by atoms with Gasteiger partial charge in [-0.2, -0.15) is 0 Å². The van der Waals surface area contributed by atoms with E-state index in [2.05, 4.69) is 41.0 Å². The largest absolute Gasteiger partial charge is 0.377 e. The third-order valence-electron chi connectivity index (χ3n) is 3.65. The van der Waals surface area contributed by atoms with Gasteiger partial charge in [-0.15, -0.1) is 0 Å². The quantitative estimate of drug-likeness (QED) is 0.904. The molecule has 1 atom stereocenters. The third-order valence-corrected chi connectivity index (χ3v) is 3.65. The van der Waals surface area contributed by atoms with Crippen LogP contribution in [0.2, 0.25) is 0 Å². The molecule has 1 aromatic heterocycles. The Kier molecular flexibility index (Phi) is 4.58. The van der Waals surface area contributed by atoms with Crippen molar-refractivity contribution in [1.82, 2.24) is 9.97 Å². The van der Waals surface area contributed by atoms with Crippen LogP contribution in [0.15, 0.2) is 6.33 Å². The number of morpholine rings is 1. The van der Waals surface area contributed by atoms with Gasteiger partial charge in [0.2, 0.25) is 0 Å². The van der Waals surface area contributed by atoms with E-state index in [0.717, 1.165) is 37.8 Å². The Morgan fingerprint density at radius 3 is 2.89 bits per heavy atom. The first-order valence-electron chi connectivity index (χ1n) is 7.06. The van der Waals surface area contributed by atoms with Gasteiger partial charge in [-0.25, -0.2) is 9.97 Å². The first-order chi connectivity index (χ1) is 9.19. The Hall–Kier alpha value is -1.36. The van der Waals surface area contributed by atoms with Crippen LogP contribution in [0.4, 0.5) is 11.6 Å². The lowest BCUT2D eigenvalue weighted by Gasteiger charge is -2.37. The van der Waals surface area contributed by atoms with Crippen molar-refractivity contribution >= 4 is 11.6 Å². The summed E-state index contributed by atoms with van der Waals surface area (Å²) in [6, 6.07) is 0.408. The number of anilines is 2. The molecule has 106 valence electrons. The molecule has 0 aliphatic carbocycles. The van der Waals surface area contributed by atoms with Gasteiger partial charge in [0.05, 0.1) is 19.3 Å². The summed E-state index contributed by atoms with van der Waals surface area (Å²) in [6.07, 6.45) is 2.71. The molecule has 1 N–H and O–H groups in total. The van der Waals surface area contributed by atoms with Gasteiger partial charge >= 0.3 is 0 Å². The van der Waals surface area contributed by atoms with Crippen LogP contribution in [0.3, 0.4) is 0 Å². The highest BCUT2D eigenvalue weighted by atomic mass is 16.5. The second kappa shape index (κ2) is 6.19. The van der Waals surface area contributed by atoms with Crippen LogP contribution in [-0.2, 0) is 4.74 Å². The number of hydrogen-bond acceptors (Lipinski definition) is 5. The predicted molar refractivity (Wildman–Crippen MR) is 77.9 cm³/mol. The first-order valence-corrected chi connectivity index (χ1v) is 7.06. The highest BCUT2D eigenvalue weighted by Crippen LogP contribution is 2.32. The van der Waals surface area contributed by atoms with E-state index in [1.807, 2.05) is 7.05 Å². The summed E-state index contributed by atoms with van der Waals surface area (Å²) in [4.78, 5) is 11.3. The predicted octanol–water partition coefficient (Wildman–Crippen LogP) is 2.26. The topological polar surface area (TPSA) is 50.3 Å². The van der Waals surface area contributed by atoms with Gasteiger partial charge in [0.25, 0.3) is 0 Å². The van der Waals surface area contributed by atoms with Crippen molar-refractivity contribution in [3.8, 4) is 0 Å². The highest BCUT2D eigenvalue weighted by molar-refractivity contribution is 5.60. The van der Waals surface area contributed by atoms with Crippen molar-refractivity contribution < 1.29 is 4.74 Å². The van der Waals surface area contributed by atoms with Crippen LogP contribution in [0.5, 0.6) is 0 Å². The van der Waals surface area contributed by atoms with Gasteiger partial charge < -0.3 is 15.0 Å². The fourth-order valence-corrected chi connectivity index (χ4v) is 2.62. The van der Waals surface area contributed by atoms with Crippen molar-refractivity contribution in [2.75, 3.05) is 37.0 Å². The van der Waals surface area contributed by atoms with Crippen molar-refractivity contribution in [1.29, 1.82) is 0 Å². The first kappa shape index (κ1) is 14.1. The van der Waals surface area contributed by atoms with Gasteiger partial charge in [-0.05, 0) is 12.3 Å². The second-order valence-corrected chi connectivity index (χ2v) is 5.19. The number of nitrogens with one attached hydrogen (secondary N) is 1. The van der Waals surface area contributed by atoms with Crippen molar-refractivity contribution in [3.05, 3.63) is 11.9 Å². The normalized spacial score (nSPS) is 19.8. The van der Waals surface area contributed by atoms with E-state index in [-0.39, 0.29) is 0 Å².